The number of esters is 1. The van der Waals surface area contributed by atoms with Crippen molar-refractivity contribution in [2.45, 2.75) is 32.6 Å². The number of nitrogens with one attached hydrogen (secondary N) is 1. The number of nitrogens with zero attached hydrogens (tertiary/aromatic N) is 1. The smallest absolute Gasteiger partial charge is 0.312 e. The van der Waals surface area contributed by atoms with Crippen LogP contribution in [0.3, 0.4) is 0 Å². The predicted octanol–water partition coefficient (Wildman–Crippen LogP) is 1.97. The second kappa shape index (κ2) is 6.31. The second-order valence-electron chi connectivity index (χ2n) is 6.82. The topological polar surface area (TPSA) is 92.8 Å². The number of rotatable bonds is 4. The van der Waals surface area contributed by atoms with Crippen molar-refractivity contribution in [3.8, 4) is 0 Å². The van der Waals surface area contributed by atoms with Crippen LogP contribution in [0.15, 0.2) is 18.2 Å². The van der Waals surface area contributed by atoms with Crippen molar-refractivity contribution in [3.05, 3.63) is 29.3 Å². The van der Waals surface area contributed by atoms with Gasteiger partial charge in [-0.1, -0.05) is 12.8 Å². The van der Waals surface area contributed by atoms with Crippen LogP contribution in [0.25, 0.3) is 0 Å². The minimum Gasteiger partial charge on any atom is -0.455 e. The highest BCUT2D eigenvalue weighted by molar-refractivity contribution is 6.21. The van der Waals surface area contributed by atoms with E-state index in [0.29, 0.717) is 11.3 Å². The van der Waals surface area contributed by atoms with Crippen molar-refractivity contribution in [3.63, 3.8) is 0 Å². The van der Waals surface area contributed by atoms with Gasteiger partial charge in [-0.3, -0.25) is 24.1 Å². The molecule has 1 heterocycles. The van der Waals surface area contributed by atoms with Gasteiger partial charge in [-0.15, -0.1) is 0 Å². The Morgan fingerprint density at radius 3 is 2.48 bits per heavy atom. The van der Waals surface area contributed by atoms with E-state index in [1.165, 1.54) is 19.2 Å². The first-order chi connectivity index (χ1) is 11.8. The summed E-state index contributed by atoms with van der Waals surface area (Å²) in [5, 5.41) is 2.58. The van der Waals surface area contributed by atoms with Gasteiger partial charge in [0, 0.05) is 12.7 Å². The fourth-order valence-electron chi connectivity index (χ4n) is 3.30. The quantitative estimate of drug-likeness (QED) is 0.666. The standard InChI is InChI=1S/C18H20N2O5/c1-18(7-3-4-8-18)17(24)25-10-14(21)19-11-5-6-12-13(9-11)16(23)20(2)15(12)22/h5-6,9H,3-4,7-8,10H2,1-2H3,(H,19,21). The largest absolute Gasteiger partial charge is 0.455 e. The predicted molar refractivity (Wildman–Crippen MR) is 89.0 cm³/mol. The van der Waals surface area contributed by atoms with Crippen molar-refractivity contribution in [2.75, 3.05) is 19.0 Å². The molecule has 7 nitrogen and oxygen atoms in total. The van der Waals surface area contributed by atoms with Crippen LogP contribution in [-0.2, 0) is 14.3 Å². The highest BCUT2D eigenvalue weighted by Crippen LogP contribution is 2.38. The zero-order valence-corrected chi connectivity index (χ0v) is 14.3. The van der Waals surface area contributed by atoms with Crippen LogP contribution in [0.1, 0.15) is 53.3 Å². The van der Waals surface area contributed by atoms with Crippen LogP contribution >= 0.6 is 0 Å². The van der Waals surface area contributed by atoms with E-state index in [1.54, 1.807) is 6.07 Å². The molecule has 25 heavy (non-hydrogen) atoms. The number of ether oxygens (including phenoxy) is 1. The molecule has 1 N–H and O–H groups in total. The van der Waals surface area contributed by atoms with Gasteiger partial charge in [0.25, 0.3) is 17.7 Å². The monoisotopic (exact) mass is 344 g/mol. The molecule has 1 aliphatic carbocycles. The molecule has 0 unspecified atom stereocenters. The Hall–Kier alpha value is -2.70. The van der Waals surface area contributed by atoms with Crippen molar-refractivity contribution in [1.29, 1.82) is 0 Å². The number of benzene rings is 1. The van der Waals surface area contributed by atoms with Gasteiger partial charge in [-0.25, -0.2) is 0 Å². The maximum Gasteiger partial charge on any atom is 0.312 e. The van der Waals surface area contributed by atoms with Gasteiger partial charge >= 0.3 is 5.97 Å². The van der Waals surface area contributed by atoms with E-state index in [2.05, 4.69) is 5.32 Å². The van der Waals surface area contributed by atoms with E-state index in [-0.39, 0.29) is 24.0 Å². The molecular weight excluding hydrogens is 324 g/mol. The number of carbonyl (C=O) groups is 4. The van der Waals surface area contributed by atoms with Gasteiger partial charge in [-0.05, 0) is 38.0 Å². The second-order valence-corrected chi connectivity index (χ2v) is 6.82. The molecule has 1 saturated carbocycles. The molecule has 0 atom stereocenters. The fourth-order valence-corrected chi connectivity index (χ4v) is 3.30. The summed E-state index contributed by atoms with van der Waals surface area (Å²) in [4.78, 5) is 48.9. The molecule has 3 rings (SSSR count). The molecule has 2 aliphatic rings. The Morgan fingerprint density at radius 1 is 1.16 bits per heavy atom. The number of amides is 3. The molecule has 3 amide bonds. The average Bonchev–Trinajstić information content (AvgIpc) is 3.12. The van der Waals surface area contributed by atoms with E-state index in [0.717, 1.165) is 30.6 Å². The molecule has 1 fully saturated rings. The van der Waals surface area contributed by atoms with Crippen LogP contribution in [0.2, 0.25) is 0 Å². The van der Waals surface area contributed by atoms with E-state index in [4.69, 9.17) is 4.74 Å². The van der Waals surface area contributed by atoms with Crippen molar-refractivity contribution in [1.82, 2.24) is 4.90 Å². The SMILES string of the molecule is CN1C(=O)c2ccc(NC(=O)COC(=O)C3(C)CCCC3)cc2C1=O. The molecule has 7 heteroatoms. The zero-order chi connectivity index (χ0) is 18.2. The van der Waals surface area contributed by atoms with Gasteiger partial charge in [0.05, 0.1) is 16.5 Å². The van der Waals surface area contributed by atoms with Crippen LogP contribution in [-0.4, -0.2) is 42.2 Å². The fraction of sp³-hybridized carbons (Fsp3) is 0.444. The molecule has 0 saturated heterocycles. The molecule has 1 aromatic carbocycles. The zero-order valence-electron chi connectivity index (χ0n) is 14.3. The molecule has 0 radical (unpaired) electrons. The summed E-state index contributed by atoms with van der Waals surface area (Å²) in [6, 6.07) is 4.50. The van der Waals surface area contributed by atoms with Gasteiger partial charge < -0.3 is 10.1 Å². The summed E-state index contributed by atoms with van der Waals surface area (Å²) in [6.07, 6.45) is 3.55. The molecule has 132 valence electrons. The third kappa shape index (κ3) is 3.14. The number of fused-ring (bicyclic) bond motifs is 1. The Balaban J connectivity index is 1.60. The van der Waals surface area contributed by atoms with Gasteiger partial charge in [0.1, 0.15) is 0 Å². The highest BCUT2D eigenvalue weighted by atomic mass is 16.5. The molecule has 0 bridgehead atoms. The number of anilines is 1. The van der Waals surface area contributed by atoms with Crippen LogP contribution in [0, 0.1) is 5.41 Å². The lowest BCUT2D eigenvalue weighted by Crippen LogP contribution is -2.30. The molecule has 0 aromatic heterocycles. The van der Waals surface area contributed by atoms with Gasteiger partial charge in [0.15, 0.2) is 6.61 Å². The Morgan fingerprint density at radius 2 is 1.80 bits per heavy atom. The van der Waals surface area contributed by atoms with Gasteiger partial charge in [-0.2, -0.15) is 0 Å². The summed E-state index contributed by atoms with van der Waals surface area (Å²) in [5.41, 5.74) is 0.445. The lowest BCUT2D eigenvalue weighted by atomic mass is 9.89. The first kappa shape index (κ1) is 17.1. The lowest BCUT2D eigenvalue weighted by molar-refractivity contribution is -0.157. The van der Waals surface area contributed by atoms with E-state index in [9.17, 15) is 19.2 Å². The lowest BCUT2D eigenvalue weighted by Gasteiger charge is -2.20. The maximum absolute atomic E-state index is 12.1. The van der Waals surface area contributed by atoms with Crippen molar-refractivity contribution < 1.29 is 23.9 Å². The molecular formula is C18H20N2O5. The normalized spacial score (nSPS) is 18.2. The van der Waals surface area contributed by atoms with Crippen LogP contribution in [0.5, 0.6) is 0 Å². The highest BCUT2D eigenvalue weighted by Gasteiger charge is 2.38. The Labute approximate surface area is 145 Å². The maximum atomic E-state index is 12.1. The van der Waals surface area contributed by atoms with Gasteiger partial charge in [0.2, 0.25) is 0 Å². The van der Waals surface area contributed by atoms with Crippen molar-refractivity contribution in [2.24, 2.45) is 5.41 Å². The van der Waals surface area contributed by atoms with Crippen LogP contribution < -0.4 is 5.32 Å². The minimum absolute atomic E-state index is 0.251. The molecule has 1 aromatic rings. The van der Waals surface area contributed by atoms with E-state index >= 15 is 0 Å². The first-order valence-corrected chi connectivity index (χ1v) is 8.25. The summed E-state index contributed by atoms with van der Waals surface area (Å²) < 4.78 is 5.13. The summed E-state index contributed by atoms with van der Waals surface area (Å²) >= 11 is 0. The molecule has 1 aliphatic heterocycles. The Kier molecular flexibility index (Phi) is 4.32. The summed E-state index contributed by atoms with van der Waals surface area (Å²) in [7, 11) is 1.41. The third-order valence-corrected chi connectivity index (χ3v) is 4.91. The van der Waals surface area contributed by atoms with E-state index in [1.807, 2.05) is 6.92 Å². The minimum atomic E-state index is -0.495. The number of imide groups is 1. The third-order valence-electron chi connectivity index (χ3n) is 4.91. The number of hydrogen-bond acceptors (Lipinski definition) is 5. The average molecular weight is 344 g/mol. The summed E-state index contributed by atoms with van der Waals surface area (Å²) in [5.74, 6) is -1.61. The first-order valence-electron chi connectivity index (χ1n) is 8.25. The number of hydrogen-bond donors (Lipinski definition) is 1. The Bertz CT molecular complexity index is 765. The van der Waals surface area contributed by atoms with Crippen LogP contribution in [0.4, 0.5) is 5.69 Å². The summed E-state index contributed by atoms with van der Waals surface area (Å²) in [6.45, 7) is 1.48. The van der Waals surface area contributed by atoms with E-state index < -0.39 is 17.2 Å². The number of carbonyl (C=O) groups excluding carboxylic acids is 4. The van der Waals surface area contributed by atoms with Crippen molar-refractivity contribution >= 4 is 29.4 Å². The molecule has 0 spiro atoms.